The van der Waals surface area contributed by atoms with Crippen LogP contribution >= 0.6 is 0 Å². The van der Waals surface area contributed by atoms with E-state index in [2.05, 4.69) is 76.0 Å². The Bertz CT molecular complexity index is 1650. The maximum atomic E-state index is 11.8. The lowest BCUT2D eigenvalue weighted by Gasteiger charge is -2.20. The highest BCUT2D eigenvalue weighted by molar-refractivity contribution is 5.81. The lowest BCUT2D eigenvalue weighted by Crippen LogP contribution is -2.15. The minimum atomic E-state index is -0.207. The molecule has 0 bridgehead atoms. The second kappa shape index (κ2) is 13.0. The molecule has 2 unspecified atom stereocenters. The largest absolute Gasteiger partial charge is 0.469 e. The summed E-state index contributed by atoms with van der Waals surface area (Å²) in [6.45, 7) is 0.187. The van der Waals surface area contributed by atoms with Crippen LogP contribution in [0.1, 0.15) is 36.1 Å². The van der Waals surface area contributed by atoms with Crippen molar-refractivity contribution in [2.24, 2.45) is 0 Å². The summed E-state index contributed by atoms with van der Waals surface area (Å²) in [5, 5.41) is 11.8. The minimum Gasteiger partial charge on any atom is -0.469 e. The van der Waals surface area contributed by atoms with Gasteiger partial charge >= 0.3 is 5.97 Å². The number of hydrogen-bond acceptors (Lipinski definition) is 3. The van der Waals surface area contributed by atoms with E-state index in [0.29, 0.717) is 6.42 Å². The smallest absolute Gasteiger partial charge is 0.307 e. The lowest BCUT2D eigenvalue weighted by molar-refractivity contribution is -0.141. The predicted molar refractivity (Wildman–Crippen MR) is 161 cm³/mol. The molecule has 2 aromatic heterocycles. The van der Waals surface area contributed by atoms with Gasteiger partial charge in [0.15, 0.2) is 0 Å². The zero-order chi connectivity index (χ0) is 27.7. The molecule has 2 heterocycles. The Labute approximate surface area is 234 Å². The Kier molecular flexibility index (Phi) is 8.74. The van der Waals surface area contributed by atoms with Crippen molar-refractivity contribution in [3.8, 4) is 0 Å². The third-order valence-electron chi connectivity index (χ3n) is 7.29. The Morgan fingerprint density at radius 3 is 1.60 bits per heavy atom. The molecule has 0 saturated carbocycles. The number of esters is 1. The summed E-state index contributed by atoms with van der Waals surface area (Å²) in [6, 6.07) is 41.3. The summed E-state index contributed by atoms with van der Waals surface area (Å²) in [5.74, 6) is -0.207. The maximum absolute atomic E-state index is 11.8. The highest BCUT2D eigenvalue weighted by Crippen LogP contribution is 2.29. The van der Waals surface area contributed by atoms with Crippen LogP contribution in [0, 0.1) is 0 Å². The van der Waals surface area contributed by atoms with Crippen LogP contribution in [-0.4, -0.2) is 33.9 Å². The second-order valence-corrected chi connectivity index (χ2v) is 9.71. The molecule has 0 aliphatic carbocycles. The van der Waals surface area contributed by atoms with Crippen LogP contribution in [0.5, 0.6) is 0 Å². The zero-order valence-electron chi connectivity index (χ0n) is 22.6. The summed E-state index contributed by atoms with van der Waals surface area (Å²) in [5.41, 5.74) is 4.67. The second-order valence-electron chi connectivity index (χ2n) is 9.71. The number of aliphatic hydroxyl groups excluding tert-OH is 1. The number of para-hydroxylation sites is 2. The average molecular weight is 531 g/mol. The van der Waals surface area contributed by atoms with E-state index in [1.54, 1.807) is 0 Å². The molecule has 0 fully saturated rings. The summed E-state index contributed by atoms with van der Waals surface area (Å²) in [4.78, 5) is 11.8. The molecule has 0 radical (unpaired) electrons. The van der Waals surface area contributed by atoms with Crippen LogP contribution in [0.3, 0.4) is 0 Å². The molecule has 6 aromatic rings. The molecular formula is C35H34N2O3. The molecule has 2 atom stereocenters. The van der Waals surface area contributed by atoms with Gasteiger partial charge in [0.05, 0.1) is 25.6 Å². The first kappa shape index (κ1) is 27.0. The van der Waals surface area contributed by atoms with Gasteiger partial charge in [0.25, 0.3) is 0 Å². The van der Waals surface area contributed by atoms with Gasteiger partial charge in [-0.2, -0.15) is 0 Å². The topological polar surface area (TPSA) is 56.4 Å². The van der Waals surface area contributed by atoms with Crippen molar-refractivity contribution < 1.29 is 14.6 Å². The number of benzene rings is 4. The SMILES string of the molecule is COC(=O)CC(c1ccccc1)n1ccc2ccccc21.OCCC(c1ccccc1)n1ccc2ccccc21. The van der Waals surface area contributed by atoms with E-state index in [4.69, 9.17) is 4.74 Å². The number of aromatic nitrogens is 2. The van der Waals surface area contributed by atoms with Gasteiger partial charge in [0, 0.05) is 30.0 Å². The molecule has 0 aliphatic heterocycles. The van der Waals surface area contributed by atoms with Crippen LogP contribution in [-0.2, 0) is 9.53 Å². The summed E-state index contributed by atoms with van der Waals surface area (Å²) < 4.78 is 9.25. The minimum absolute atomic E-state index is 0.0569. The summed E-state index contributed by atoms with van der Waals surface area (Å²) in [7, 11) is 1.43. The first-order chi connectivity index (χ1) is 19.7. The van der Waals surface area contributed by atoms with Crippen LogP contribution in [0.2, 0.25) is 0 Å². The van der Waals surface area contributed by atoms with Crippen molar-refractivity contribution in [3.05, 3.63) is 145 Å². The van der Waals surface area contributed by atoms with Gasteiger partial charge < -0.3 is 19.0 Å². The number of carbonyl (C=O) groups excluding carboxylic acids is 1. The van der Waals surface area contributed by atoms with Crippen molar-refractivity contribution >= 4 is 27.8 Å². The van der Waals surface area contributed by atoms with Crippen molar-refractivity contribution in [1.29, 1.82) is 0 Å². The molecule has 0 saturated heterocycles. The Hall–Kier alpha value is -4.61. The quantitative estimate of drug-likeness (QED) is 0.209. The molecule has 0 amide bonds. The Balaban J connectivity index is 0.000000162. The van der Waals surface area contributed by atoms with E-state index >= 15 is 0 Å². The van der Waals surface area contributed by atoms with Gasteiger partial charge in [-0.05, 0) is 52.6 Å². The van der Waals surface area contributed by atoms with Crippen molar-refractivity contribution in [3.63, 3.8) is 0 Å². The summed E-state index contributed by atoms with van der Waals surface area (Å²) in [6.07, 6.45) is 5.19. The highest BCUT2D eigenvalue weighted by Gasteiger charge is 2.19. The van der Waals surface area contributed by atoms with Gasteiger partial charge in [-0.3, -0.25) is 4.79 Å². The average Bonchev–Trinajstić information content (AvgIpc) is 3.64. The molecular weight excluding hydrogens is 496 g/mol. The normalized spacial score (nSPS) is 12.4. The zero-order valence-corrected chi connectivity index (χ0v) is 22.6. The molecule has 1 N–H and O–H groups in total. The molecule has 0 aliphatic rings. The van der Waals surface area contributed by atoms with Crippen molar-refractivity contribution in [2.75, 3.05) is 13.7 Å². The van der Waals surface area contributed by atoms with E-state index in [1.807, 2.05) is 66.9 Å². The maximum Gasteiger partial charge on any atom is 0.307 e. The fraction of sp³-hybridized carbons (Fsp3) is 0.171. The predicted octanol–water partition coefficient (Wildman–Crippen LogP) is 7.41. The number of aliphatic hydroxyl groups is 1. The van der Waals surface area contributed by atoms with Crippen molar-refractivity contribution in [2.45, 2.75) is 24.9 Å². The van der Waals surface area contributed by atoms with E-state index in [0.717, 1.165) is 17.5 Å². The fourth-order valence-corrected chi connectivity index (χ4v) is 5.31. The number of hydrogen-bond donors (Lipinski definition) is 1. The standard InChI is InChI=1S/C18H17NO2.C17H17NO/c1-21-18(20)13-17(14-7-3-2-4-8-14)19-12-11-15-9-5-6-10-16(15)19;19-13-11-17(14-6-2-1-3-7-14)18-12-10-15-8-4-5-9-16(15)18/h2-12,17H,13H2,1H3;1-10,12,17,19H,11,13H2. The van der Waals surface area contributed by atoms with Crippen LogP contribution in [0.25, 0.3) is 21.8 Å². The third kappa shape index (κ3) is 6.00. The number of methoxy groups -OCH3 is 1. The van der Waals surface area contributed by atoms with Gasteiger partial charge in [-0.25, -0.2) is 0 Å². The summed E-state index contributed by atoms with van der Waals surface area (Å²) >= 11 is 0. The lowest BCUT2D eigenvalue weighted by atomic mass is 10.0. The molecule has 5 heteroatoms. The van der Waals surface area contributed by atoms with Crippen molar-refractivity contribution in [1.82, 2.24) is 9.13 Å². The fourth-order valence-electron chi connectivity index (χ4n) is 5.31. The number of ether oxygens (including phenoxy) is 1. The van der Waals surface area contributed by atoms with Crippen LogP contribution in [0.4, 0.5) is 0 Å². The molecule has 4 aromatic carbocycles. The highest BCUT2D eigenvalue weighted by atomic mass is 16.5. The first-order valence-corrected chi connectivity index (χ1v) is 13.6. The van der Waals surface area contributed by atoms with Gasteiger partial charge in [0.1, 0.15) is 0 Å². The molecule has 202 valence electrons. The van der Waals surface area contributed by atoms with Gasteiger partial charge in [-0.1, -0.05) is 97.1 Å². The van der Waals surface area contributed by atoms with Gasteiger partial charge in [0.2, 0.25) is 0 Å². The van der Waals surface area contributed by atoms with Crippen LogP contribution in [0.15, 0.2) is 134 Å². The third-order valence-corrected chi connectivity index (χ3v) is 7.29. The van der Waals surface area contributed by atoms with E-state index in [-0.39, 0.29) is 24.7 Å². The first-order valence-electron chi connectivity index (χ1n) is 13.6. The number of carbonyl (C=O) groups is 1. The molecule has 5 nitrogen and oxygen atoms in total. The van der Waals surface area contributed by atoms with Crippen LogP contribution < -0.4 is 0 Å². The molecule has 0 spiro atoms. The number of fused-ring (bicyclic) bond motifs is 2. The number of rotatable bonds is 8. The van der Waals surface area contributed by atoms with E-state index in [9.17, 15) is 9.90 Å². The van der Waals surface area contributed by atoms with Gasteiger partial charge in [-0.15, -0.1) is 0 Å². The monoisotopic (exact) mass is 530 g/mol. The van der Waals surface area contributed by atoms with E-state index in [1.165, 1.54) is 29.0 Å². The number of nitrogens with zero attached hydrogens (tertiary/aromatic N) is 2. The molecule has 6 rings (SSSR count). The molecule has 40 heavy (non-hydrogen) atoms. The Morgan fingerprint density at radius 1 is 0.650 bits per heavy atom. The Morgan fingerprint density at radius 2 is 1.10 bits per heavy atom. The van der Waals surface area contributed by atoms with E-state index < -0.39 is 0 Å².